The second kappa shape index (κ2) is 8.97. The number of rotatable bonds is 6. The van der Waals surface area contributed by atoms with Gasteiger partial charge in [0.15, 0.2) is 16.3 Å². The highest BCUT2D eigenvalue weighted by Crippen LogP contribution is 2.31. The lowest BCUT2D eigenvalue weighted by Crippen LogP contribution is -2.22. The molecule has 0 amide bonds. The van der Waals surface area contributed by atoms with Crippen LogP contribution in [-0.4, -0.2) is 24.9 Å². The van der Waals surface area contributed by atoms with E-state index in [1.165, 1.54) is 35.2 Å². The molecule has 0 bridgehead atoms. The zero-order valence-electron chi connectivity index (χ0n) is 17.2. The van der Waals surface area contributed by atoms with E-state index in [0.29, 0.717) is 23.9 Å². The molecule has 0 radical (unpaired) electrons. The topological polar surface area (TPSA) is 52.7 Å². The average Bonchev–Trinajstić information content (AvgIpc) is 3.18. The van der Waals surface area contributed by atoms with Crippen molar-refractivity contribution in [3.63, 3.8) is 0 Å². The molecule has 0 aliphatic carbocycles. The van der Waals surface area contributed by atoms with Gasteiger partial charge >= 0.3 is 6.18 Å². The molecule has 2 heterocycles. The number of hydrogen-bond acceptors (Lipinski definition) is 4. The Morgan fingerprint density at radius 2 is 1.79 bits per heavy atom. The summed E-state index contributed by atoms with van der Waals surface area (Å²) in [6, 6.07) is 7.70. The van der Waals surface area contributed by atoms with E-state index in [0.717, 1.165) is 23.9 Å². The lowest BCUT2D eigenvalue weighted by molar-refractivity contribution is -0.137. The van der Waals surface area contributed by atoms with Crippen molar-refractivity contribution in [3.8, 4) is 5.69 Å². The van der Waals surface area contributed by atoms with Crippen molar-refractivity contribution in [1.29, 1.82) is 0 Å². The van der Waals surface area contributed by atoms with Crippen LogP contribution in [0.2, 0.25) is 0 Å². The Bertz CT molecular complexity index is 1360. The van der Waals surface area contributed by atoms with E-state index in [1.807, 2.05) is 6.92 Å². The number of benzene rings is 2. The second-order valence-electron chi connectivity index (χ2n) is 7.12. The molecule has 11 heteroatoms. The predicted octanol–water partition coefficient (Wildman–Crippen LogP) is 5.23. The molecule has 0 saturated carbocycles. The van der Waals surface area contributed by atoms with Gasteiger partial charge in [-0.3, -0.25) is 9.36 Å². The molecule has 5 nitrogen and oxygen atoms in total. The fourth-order valence-electron chi connectivity index (χ4n) is 3.30. The average molecular weight is 480 g/mol. The fraction of sp³-hybridized carbons (Fsp3) is 0.227. The Morgan fingerprint density at radius 3 is 2.42 bits per heavy atom. The van der Waals surface area contributed by atoms with Gasteiger partial charge in [0.05, 0.1) is 17.6 Å². The molecule has 2 aromatic carbocycles. The summed E-state index contributed by atoms with van der Waals surface area (Å²) in [5.74, 6) is -1.18. The first-order valence-electron chi connectivity index (χ1n) is 9.91. The van der Waals surface area contributed by atoms with Crippen LogP contribution in [0, 0.1) is 11.6 Å². The minimum Gasteiger partial charge on any atom is -0.315 e. The molecule has 172 valence electrons. The standard InChI is InChI=1S/C22H17F5N4OS/c1-2-30-12-28-18-19(30)29-21(31(20(18)32)16-7-5-15(23)6-8-16)33-10-9-13-3-4-14(11-17(13)24)22(25,26)27/h3-8,11-12H,2,9-10H2,1H3. The van der Waals surface area contributed by atoms with E-state index in [9.17, 15) is 26.7 Å². The van der Waals surface area contributed by atoms with E-state index < -0.39 is 28.9 Å². The zero-order chi connectivity index (χ0) is 23.8. The molecule has 0 spiro atoms. The molecular weight excluding hydrogens is 463 g/mol. The number of fused-ring (bicyclic) bond motifs is 1. The maximum absolute atomic E-state index is 14.2. The Hall–Kier alpha value is -3.21. The Morgan fingerprint density at radius 1 is 1.06 bits per heavy atom. The molecule has 4 rings (SSSR count). The highest BCUT2D eigenvalue weighted by atomic mass is 32.2. The molecule has 0 aliphatic heterocycles. The minimum absolute atomic E-state index is 0.110. The van der Waals surface area contributed by atoms with Crippen molar-refractivity contribution in [2.24, 2.45) is 0 Å². The molecule has 33 heavy (non-hydrogen) atoms. The molecule has 0 aliphatic rings. The summed E-state index contributed by atoms with van der Waals surface area (Å²) >= 11 is 1.14. The number of imidazole rings is 1. The molecule has 2 aromatic heterocycles. The van der Waals surface area contributed by atoms with Crippen LogP contribution in [0.4, 0.5) is 22.0 Å². The first kappa shape index (κ1) is 23.0. The lowest BCUT2D eigenvalue weighted by Gasteiger charge is -2.13. The molecule has 0 atom stereocenters. The van der Waals surface area contributed by atoms with E-state index >= 15 is 0 Å². The number of nitrogens with zero attached hydrogens (tertiary/aromatic N) is 4. The quantitative estimate of drug-likeness (QED) is 0.215. The van der Waals surface area contributed by atoms with Crippen LogP contribution in [0.25, 0.3) is 16.9 Å². The smallest absolute Gasteiger partial charge is 0.315 e. The van der Waals surface area contributed by atoms with Gasteiger partial charge in [0, 0.05) is 12.3 Å². The van der Waals surface area contributed by atoms with E-state index in [4.69, 9.17) is 0 Å². The third kappa shape index (κ3) is 4.63. The zero-order valence-corrected chi connectivity index (χ0v) is 18.1. The number of aromatic nitrogens is 4. The Labute approximate surface area is 188 Å². The summed E-state index contributed by atoms with van der Waals surface area (Å²) in [4.78, 5) is 21.9. The van der Waals surface area contributed by atoms with Crippen LogP contribution >= 0.6 is 11.8 Å². The first-order valence-corrected chi connectivity index (χ1v) is 10.9. The minimum atomic E-state index is -4.62. The molecule has 4 aromatic rings. The van der Waals surface area contributed by atoms with Crippen LogP contribution in [0.5, 0.6) is 0 Å². The van der Waals surface area contributed by atoms with Crippen molar-refractivity contribution < 1.29 is 22.0 Å². The molecule has 0 N–H and O–H groups in total. The Kier molecular flexibility index (Phi) is 6.24. The highest BCUT2D eigenvalue weighted by Gasteiger charge is 2.31. The van der Waals surface area contributed by atoms with Gasteiger partial charge in [-0.05, 0) is 55.3 Å². The van der Waals surface area contributed by atoms with Gasteiger partial charge in [-0.2, -0.15) is 13.2 Å². The molecule has 0 saturated heterocycles. The third-order valence-corrected chi connectivity index (χ3v) is 5.96. The van der Waals surface area contributed by atoms with E-state index in [1.54, 1.807) is 4.57 Å². The highest BCUT2D eigenvalue weighted by molar-refractivity contribution is 7.99. The maximum atomic E-state index is 14.2. The normalized spacial score (nSPS) is 11.9. The van der Waals surface area contributed by atoms with Gasteiger partial charge in [0.25, 0.3) is 5.56 Å². The van der Waals surface area contributed by atoms with Gasteiger partial charge in [0.1, 0.15) is 11.6 Å². The van der Waals surface area contributed by atoms with Gasteiger partial charge in [0.2, 0.25) is 0 Å². The van der Waals surface area contributed by atoms with Gasteiger partial charge < -0.3 is 4.57 Å². The largest absolute Gasteiger partial charge is 0.416 e. The molecule has 0 unspecified atom stereocenters. The lowest BCUT2D eigenvalue weighted by atomic mass is 10.1. The number of thioether (sulfide) groups is 1. The second-order valence-corrected chi connectivity index (χ2v) is 8.18. The molecule has 0 fully saturated rings. The van der Waals surface area contributed by atoms with Gasteiger partial charge in [-0.1, -0.05) is 17.8 Å². The fourth-order valence-corrected chi connectivity index (χ4v) is 4.28. The summed E-state index contributed by atoms with van der Waals surface area (Å²) in [6.07, 6.45) is -3.01. The summed E-state index contributed by atoms with van der Waals surface area (Å²) in [6.45, 7) is 2.40. The summed E-state index contributed by atoms with van der Waals surface area (Å²) in [5.41, 5.74) is -0.470. The van der Waals surface area contributed by atoms with Crippen LogP contribution < -0.4 is 5.56 Å². The number of halogens is 5. The summed E-state index contributed by atoms with van der Waals surface area (Å²) in [5, 5.41) is 0.279. The maximum Gasteiger partial charge on any atom is 0.416 e. The van der Waals surface area contributed by atoms with Crippen molar-refractivity contribution in [3.05, 3.63) is 81.9 Å². The SMILES string of the molecule is CCn1cnc2c(=O)n(-c3ccc(F)cc3)c(SCCc3ccc(C(F)(F)F)cc3F)nc21. The van der Waals surface area contributed by atoms with E-state index in [2.05, 4.69) is 9.97 Å². The summed E-state index contributed by atoms with van der Waals surface area (Å²) < 4.78 is 68.9. The van der Waals surface area contributed by atoms with Crippen molar-refractivity contribution >= 4 is 22.9 Å². The number of alkyl halides is 3. The van der Waals surface area contributed by atoms with Crippen LogP contribution in [0.15, 0.2) is 58.7 Å². The number of aryl methyl sites for hydroxylation is 2. The monoisotopic (exact) mass is 480 g/mol. The van der Waals surface area contributed by atoms with Crippen molar-refractivity contribution in [2.75, 3.05) is 5.75 Å². The van der Waals surface area contributed by atoms with Gasteiger partial charge in [-0.15, -0.1) is 0 Å². The first-order chi connectivity index (χ1) is 15.7. The van der Waals surface area contributed by atoms with Crippen LogP contribution in [-0.2, 0) is 19.1 Å². The van der Waals surface area contributed by atoms with Crippen molar-refractivity contribution in [2.45, 2.75) is 31.2 Å². The van der Waals surface area contributed by atoms with Crippen molar-refractivity contribution in [1.82, 2.24) is 19.1 Å². The van der Waals surface area contributed by atoms with Gasteiger partial charge in [-0.25, -0.2) is 18.7 Å². The number of hydrogen-bond donors (Lipinski definition) is 0. The van der Waals surface area contributed by atoms with Crippen LogP contribution in [0.1, 0.15) is 18.1 Å². The Balaban J connectivity index is 1.67. The predicted molar refractivity (Wildman–Crippen MR) is 115 cm³/mol. The van der Waals surface area contributed by atoms with Crippen LogP contribution in [0.3, 0.4) is 0 Å². The summed E-state index contributed by atoms with van der Waals surface area (Å²) in [7, 11) is 0. The third-order valence-electron chi connectivity index (χ3n) is 5.02. The van der Waals surface area contributed by atoms with E-state index in [-0.39, 0.29) is 28.4 Å². The molecular formula is C22H17F5N4OS.